The first-order valence-electron chi connectivity index (χ1n) is 4.75. The maximum absolute atomic E-state index is 13.5. The van der Waals surface area contributed by atoms with Crippen molar-refractivity contribution in [3.05, 3.63) is 29.6 Å². The summed E-state index contributed by atoms with van der Waals surface area (Å²) in [6, 6.07) is 3.61. The van der Waals surface area contributed by atoms with Gasteiger partial charge in [-0.05, 0) is 12.1 Å². The zero-order valence-electron chi connectivity index (χ0n) is 9.60. The van der Waals surface area contributed by atoms with E-state index in [1.54, 1.807) is 6.07 Å². The van der Waals surface area contributed by atoms with Crippen molar-refractivity contribution in [2.75, 3.05) is 14.2 Å². The van der Waals surface area contributed by atoms with Crippen LogP contribution < -0.4 is 10.5 Å². The minimum absolute atomic E-state index is 0. The van der Waals surface area contributed by atoms with E-state index in [1.807, 2.05) is 0 Å². The SMILES string of the molecule is COC(=O)C[C@@H](N)c1c(F)cccc1OC.Cl. The van der Waals surface area contributed by atoms with Gasteiger partial charge in [0.05, 0.1) is 20.6 Å². The van der Waals surface area contributed by atoms with Crippen molar-refractivity contribution in [1.29, 1.82) is 0 Å². The number of esters is 1. The Hall–Kier alpha value is -1.33. The largest absolute Gasteiger partial charge is 0.496 e. The zero-order valence-corrected chi connectivity index (χ0v) is 10.4. The summed E-state index contributed by atoms with van der Waals surface area (Å²) in [6.45, 7) is 0. The number of hydrogen-bond acceptors (Lipinski definition) is 4. The summed E-state index contributed by atoms with van der Waals surface area (Å²) in [5, 5.41) is 0. The minimum atomic E-state index is -0.774. The topological polar surface area (TPSA) is 61.5 Å². The van der Waals surface area contributed by atoms with Gasteiger partial charge in [0.1, 0.15) is 11.6 Å². The standard InChI is InChI=1S/C11H14FNO3.ClH/c1-15-9-5-3-4-7(12)11(9)8(13)6-10(14)16-2;/h3-5,8H,6,13H2,1-2H3;1H/t8-;/m1./s1. The number of ether oxygens (including phenoxy) is 2. The summed E-state index contributed by atoms with van der Waals surface area (Å²) in [5.41, 5.74) is 5.92. The minimum Gasteiger partial charge on any atom is -0.496 e. The summed E-state index contributed by atoms with van der Waals surface area (Å²) >= 11 is 0. The fraction of sp³-hybridized carbons (Fsp3) is 0.364. The molecule has 1 aromatic rings. The van der Waals surface area contributed by atoms with Crippen molar-refractivity contribution in [3.63, 3.8) is 0 Å². The van der Waals surface area contributed by atoms with Crippen molar-refractivity contribution in [1.82, 2.24) is 0 Å². The molecule has 1 aromatic carbocycles. The van der Waals surface area contributed by atoms with Crippen LogP contribution in [0.2, 0.25) is 0 Å². The lowest BCUT2D eigenvalue weighted by Gasteiger charge is -2.15. The molecular weight excluding hydrogens is 249 g/mol. The molecule has 0 fully saturated rings. The van der Waals surface area contributed by atoms with E-state index in [4.69, 9.17) is 10.5 Å². The second-order valence-corrected chi connectivity index (χ2v) is 3.24. The Morgan fingerprint density at radius 2 is 2.12 bits per heavy atom. The van der Waals surface area contributed by atoms with Crippen LogP contribution in [0.15, 0.2) is 18.2 Å². The molecule has 17 heavy (non-hydrogen) atoms. The van der Waals surface area contributed by atoms with Gasteiger partial charge in [-0.1, -0.05) is 6.07 Å². The predicted molar refractivity (Wildman–Crippen MR) is 63.8 cm³/mol. The lowest BCUT2D eigenvalue weighted by atomic mass is 10.0. The first-order valence-corrected chi connectivity index (χ1v) is 4.75. The van der Waals surface area contributed by atoms with Gasteiger partial charge in [0.2, 0.25) is 0 Å². The molecule has 6 heteroatoms. The van der Waals surface area contributed by atoms with Gasteiger partial charge in [-0.2, -0.15) is 0 Å². The number of rotatable bonds is 4. The van der Waals surface area contributed by atoms with E-state index in [1.165, 1.54) is 26.4 Å². The molecule has 0 saturated carbocycles. The highest BCUT2D eigenvalue weighted by Gasteiger charge is 2.19. The third-order valence-corrected chi connectivity index (χ3v) is 2.22. The fourth-order valence-electron chi connectivity index (χ4n) is 1.42. The fourth-order valence-corrected chi connectivity index (χ4v) is 1.42. The van der Waals surface area contributed by atoms with Gasteiger partial charge in [-0.3, -0.25) is 4.79 Å². The van der Waals surface area contributed by atoms with Gasteiger partial charge < -0.3 is 15.2 Å². The second-order valence-electron chi connectivity index (χ2n) is 3.24. The highest BCUT2D eigenvalue weighted by molar-refractivity contribution is 5.85. The number of methoxy groups -OCH3 is 2. The van der Waals surface area contributed by atoms with Crippen LogP contribution in [-0.4, -0.2) is 20.2 Å². The number of carbonyl (C=O) groups excluding carboxylic acids is 1. The van der Waals surface area contributed by atoms with Crippen LogP contribution in [0.3, 0.4) is 0 Å². The Balaban J connectivity index is 0.00000256. The van der Waals surface area contributed by atoms with Crippen molar-refractivity contribution in [3.8, 4) is 5.75 Å². The predicted octanol–water partition coefficient (Wildman–Crippen LogP) is 1.82. The molecule has 96 valence electrons. The quantitative estimate of drug-likeness (QED) is 0.842. The molecule has 0 aromatic heterocycles. The molecule has 1 rings (SSSR count). The number of carbonyl (C=O) groups is 1. The summed E-state index contributed by atoms with van der Waals surface area (Å²) in [7, 11) is 2.68. The molecule has 0 spiro atoms. The molecule has 0 saturated heterocycles. The van der Waals surface area contributed by atoms with Gasteiger partial charge in [-0.15, -0.1) is 12.4 Å². The third kappa shape index (κ3) is 3.87. The summed E-state index contributed by atoms with van der Waals surface area (Å²) in [4.78, 5) is 11.0. The molecule has 0 amide bonds. The van der Waals surface area contributed by atoms with E-state index in [9.17, 15) is 9.18 Å². The van der Waals surface area contributed by atoms with Crippen LogP contribution in [0.5, 0.6) is 5.75 Å². The van der Waals surface area contributed by atoms with E-state index >= 15 is 0 Å². The van der Waals surface area contributed by atoms with Crippen LogP contribution >= 0.6 is 12.4 Å². The molecule has 0 aliphatic heterocycles. The van der Waals surface area contributed by atoms with E-state index < -0.39 is 17.8 Å². The molecular formula is C11H15ClFNO3. The van der Waals surface area contributed by atoms with Crippen molar-refractivity contribution in [2.24, 2.45) is 5.73 Å². The molecule has 1 atom stereocenters. The Labute approximate surface area is 105 Å². The van der Waals surface area contributed by atoms with Crippen LogP contribution in [0.1, 0.15) is 18.0 Å². The maximum Gasteiger partial charge on any atom is 0.307 e. The van der Waals surface area contributed by atoms with Gasteiger partial charge in [-0.25, -0.2) is 4.39 Å². The molecule has 0 unspecified atom stereocenters. The van der Waals surface area contributed by atoms with Crippen LogP contribution in [0.4, 0.5) is 4.39 Å². The highest BCUT2D eigenvalue weighted by Crippen LogP contribution is 2.28. The van der Waals surface area contributed by atoms with Crippen molar-refractivity contribution >= 4 is 18.4 Å². The van der Waals surface area contributed by atoms with Crippen LogP contribution in [0.25, 0.3) is 0 Å². The maximum atomic E-state index is 13.5. The highest BCUT2D eigenvalue weighted by atomic mass is 35.5. The van der Waals surface area contributed by atoms with Gasteiger partial charge >= 0.3 is 5.97 Å². The van der Waals surface area contributed by atoms with E-state index in [0.717, 1.165) is 0 Å². The van der Waals surface area contributed by atoms with Crippen LogP contribution in [0, 0.1) is 5.82 Å². The third-order valence-electron chi connectivity index (χ3n) is 2.22. The van der Waals surface area contributed by atoms with Crippen molar-refractivity contribution in [2.45, 2.75) is 12.5 Å². The molecule has 2 N–H and O–H groups in total. The lowest BCUT2D eigenvalue weighted by molar-refractivity contribution is -0.141. The van der Waals surface area contributed by atoms with Gasteiger partial charge in [0.25, 0.3) is 0 Å². The number of halogens is 2. The molecule has 0 radical (unpaired) electrons. The number of benzene rings is 1. The number of nitrogens with two attached hydrogens (primary N) is 1. The average molecular weight is 264 g/mol. The van der Waals surface area contributed by atoms with E-state index in [-0.39, 0.29) is 24.4 Å². The smallest absolute Gasteiger partial charge is 0.307 e. The first-order chi connectivity index (χ1) is 7.60. The lowest BCUT2D eigenvalue weighted by Crippen LogP contribution is -2.18. The van der Waals surface area contributed by atoms with Gasteiger partial charge in [0.15, 0.2) is 0 Å². The summed E-state index contributed by atoms with van der Waals surface area (Å²) in [5.74, 6) is -0.648. The molecule has 0 heterocycles. The normalized spacial score (nSPS) is 11.3. The number of hydrogen-bond donors (Lipinski definition) is 1. The van der Waals surface area contributed by atoms with Crippen molar-refractivity contribution < 1.29 is 18.7 Å². The Morgan fingerprint density at radius 1 is 1.47 bits per heavy atom. The molecule has 0 bridgehead atoms. The monoisotopic (exact) mass is 263 g/mol. The van der Waals surface area contributed by atoms with Crippen LogP contribution in [-0.2, 0) is 9.53 Å². The van der Waals surface area contributed by atoms with Gasteiger partial charge in [0, 0.05) is 11.6 Å². The van der Waals surface area contributed by atoms with E-state index in [0.29, 0.717) is 5.75 Å². The van der Waals surface area contributed by atoms with E-state index in [2.05, 4.69) is 4.74 Å². The average Bonchev–Trinajstić information content (AvgIpc) is 2.28. The summed E-state index contributed by atoms with van der Waals surface area (Å²) < 4.78 is 23.0. The Morgan fingerprint density at radius 3 is 2.65 bits per heavy atom. The molecule has 0 aliphatic rings. The second kappa shape index (κ2) is 7.09. The summed E-state index contributed by atoms with van der Waals surface area (Å²) in [6.07, 6.45) is -0.0895. The Bertz CT molecular complexity index is 387. The first kappa shape index (κ1) is 15.7. The zero-order chi connectivity index (χ0) is 12.1. The molecule has 4 nitrogen and oxygen atoms in total. The Kier molecular flexibility index (Phi) is 6.53. The molecule has 0 aliphatic carbocycles.